The van der Waals surface area contributed by atoms with Crippen LogP contribution in [0.1, 0.15) is 51.9 Å². The summed E-state index contributed by atoms with van der Waals surface area (Å²) in [5.41, 5.74) is 6.53. The Morgan fingerprint density at radius 3 is 2.47 bits per heavy atom. The highest BCUT2D eigenvalue weighted by Crippen LogP contribution is 2.34. The van der Waals surface area contributed by atoms with Crippen molar-refractivity contribution in [2.24, 2.45) is 11.7 Å². The summed E-state index contributed by atoms with van der Waals surface area (Å²) < 4.78 is 10.4. The first kappa shape index (κ1) is 14.9. The lowest BCUT2D eigenvalue weighted by atomic mass is 9.74. The van der Waals surface area contributed by atoms with E-state index in [1.54, 1.807) is 7.11 Å². The summed E-state index contributed by atoms with van der Waals surface area (Å²) in [5.74, 6) is 0.921. The van der Waals surface area contributed by atoms with Gasteiger partial charge in [-0.2, -0.15) is 0 Å². The molecular weight excluding hydrogens is 214 g/mol. The van der Waals surface area contributed by atoms with Crippen molar-refractivity contribution in [2.45, 2.75) is 57.4 Å². The predicted octanol–water partition coefficient (Wildman–Crippen LogP) is 2.73. The number of rotatable bonds is 8. The van der Waals surface area contributed by atoms with Crippen molar-refractivity contribution in [3.63, 3.8) is 0 Å². The number of hydrogen-bond donors (Lipinski definition) is 1. The van der Waals surface area contributed by atoms with E-state index in [1.807, 2.05) is 0 Å². The Morgan fingerprint density at radius 1 is 1.18 bits per heavy atom. The molecule has 17 heavy (non-hydrogen) atoms. The summed E-state index contributed by atoms with van der Waals surface area (Å²) in [6, 6.07) is 0. The number of hydrogen-bond acceptors (Lipinski definition) is 3. The highest BCUT2D eigenvalue weighted by atomic mass is 16.5. The zero-order valence-electron chi connectivity index (χ0n) is 11.5. The van der Waals surface area contributed by atoms with Crippen LogP contribution in [0.2, 0.25) is 0 Å². The van der Waals surface area contributed by atoms with Crippen LogP contribution in [-0.2, 0) is 9.47 Å². The molecule has 3 heteroatoms. The second-order valence-corrected chi connectivity index (χ2v) is 5.42. The van der Waals surface area contributed by atoms with Crippen LogP contribution in [0.4, 0.5) is 0 Å². The van der Waals surface area contributed by atoms with Crippen molar-refractivity contribution in [3.05, 3.63) is 0 Å². The molecule has 0 aliphatic heterocycles. The Morgan fingerprint density at radius 2 is 1.88 bits per heavy atom. The van der Waals surface area contributed by atoms with Crippen LogP contribution in [0.5, 0.6) is 0 Å². The first-order valence-corrected chi connectivity index (χ1v) is 7.06. The van der Waals surface area contributed by atoms with Crippen LogP contribution in [0, 0.1) is 5.92 Å². The van der Waals surface area contributed by atoms with Gasteiger partial charge in [-0.05, 0) is 44.4 Å². The maximum atomic E-state index is 6.44. The lowest BCUT2D eigenvalue weighted by Gasteiger charge is -2.37. The molecule has 1 aliphatic carbocycles. The van der Waals surface area contributed by atoms with Gasteiger partial charge in [0.15, 0.2) is 0 Å². The molecule has 0 atom stereocenters. The van der Waals surface area contributed by atoms with Gasteiger partial charge in [0.25, 0.3) is 0 Å². The standard InChI is InChI=1S/C14H29NO2/c1-3-13-5-8-14(15,9-6-13)7-4-10-17-12-11-16-2/h13H,3-12,15H2,1-2H3. The Labute approximate surface area is 106 Å². The van der Waals surface area contributed by atoms with Gasteiger partial charge in [-0.25, -0.2) is 0 Å². The fraction of sp³-hybridized carbons (Fsp3) is 1.00. The molecule has 0 radical (unpaired) electrons. The van der Waals surface area contributed by atoms with Gasteiger partial charge in [0, 0.05) is 19.3 Å². The van der Waals surface area contributed by atoms with Gasteiger partial charge >= 0.3 is 0 Å². The second-order valence-electron chi connectivity index (χ2n) is 5.42. The molecule has 0 aromatic carbocycles. The van der Waals surface area contributed by atoms with Crippen molar-refractivity contribution in [1.29, 1.82) is 0 Å². The molecule has 1 aliphatic rings. The zero-order chi connectivity index (χ0) is 12.6. The molecular formula is C14H29NO2. The molecule has 0 aromatic heterocycles. The van der Waals surface area contributed by atoms with E-state index in [2.05, 4.69) is 6.92 Å². The van der Waals surface area contributed by atoms with Crippen LogP contribution in [0.25, 0.3) is 0 Å². The first-order valence-electron chi connectivity index (χ1n) is 7.06. The van der Waals surface area contributed by atoms with E-state index in [0.29, 0.717) is 13.2 Å². The van der Waals surface area contributed by atoms with Crippen LogP contribution in [0.15, 0.2) is 0 Å². The average molecular weight is 243 g/mol. The second kappa shape index (κ2) is 8.06. The van der Waals surface area contributed by atoms with E-state index in [1.165, 1.54) is 32.1 Å². The van der Waals surface area contributed by atoms with E-state index in [9.17, 15) is 0 Å². The van der Waals surface area contributed by atoms with Crippen molar-refractivity contribution in [2.75, 3.05) is 26.9 Å². The van der Waals surface area contributed by atoms with Crippen LogP contribution in [-0.4, -0.2) is 32.5 Å². The molecule has 0 saturated heterocycles. The van der Waals surface area contributed by atoms with Crippen LogP contribution >= 0.6 is 0 Å². The van der Waals surface area contributed by atoms with Gasteiger partial charge in [-0.3, -0.25) is 0 Å². The minimum Gasteiger partial charge on any atom is -0.382 e. The van der Waals surface area contributed by atoms with Gasteiger partial charge in [-0.15, -0.1) is 0 Å². The summed E-state index contributed by atoms with van der Waals surface area (Å²) in [7, 11) is 1.70. The minimum absolute atomic E-state index is 0.0935. The summed E-state index contributed by atoms with van der Waals surface area (Å²) in [6.45, 7) is 4.50. The lowest BCUT2D eigenvalue weighted by Crippen LogP contribution is -2.43. The fourth-order valence-electron chi connectivity index (χ4n) is 2.68. The normalized spacial score (nSPS) is 29.5. The van der Waals surface area contributed by atoms with Gasteiger partial charge in [0.05, 0.1) is 13.2 Å². The largest absolute Gasteiger partial charge is 0.382 e. The van der Waals surface area contributed by atoms with Gasteiger partial charge in [0.2, 0.25) is 0 Å². The molecule has 0 unspecified atom stereocenters. The molecule has 0 heterocycles. The van der Waals surface area contributed by atoms with Crippen molar-refractivity contribution < 1.29 is 9.47 Å². The van der Waals surface area contributed by atoms with Crippen molar-refractivity contribution in [1.82, 2.24) is 0 Å². The van der Waals surface area contributed by atoms with Gasteiger partial charge < -0.3 is 15.2 Å². The maximum absolute atomic E-state index is 6.44. The molecule has 2 N–H and O–H groups in total. The van der Waals surface area contributed by atoms with Gasteiger partial charge in [0.1, 0.15) is 0 Å². The van der Waals surface area contributed by atoms with Crippen molar-refractivity contribution in [3.8, 4) is 0 Å². The monoisotopic (exact) mass is 243 g/mol. The summed E-state index contributed by atoms with van der Waals surface area (Å²) in [5, 5.41) is 0. The molecule has 1 saturated carbocycles. The average Bonchev–Trinajstić information content (AvgIpc) is 2.35. The SMILES string of the molecule is CCC1CCC(N)(CCCOCCOC)CC1. The van der Waals surface area contributed by atoms with E-state index < -0.39 is 0 Å². The molecule has 102 valence electrons. The van der Waals surface area contributed by atoms with E-state index in [0.717, 1.165) is 25.4 Å². The topological polar surface area (TPSA) is 44.5 Å². The van der Waals surface area contributed by atoms with E-state index in [-0.39, 0.29) is 5.54 Å². The summed E-state index contributed by atoms with van der Waals surface area (Å²) >= 11 is 0. The molecule has 0 spiro atoms. The maximum Gasteiger partial charge on any atom is 0.0700 e. The Bertz CT molecular complexity index is 189. The fourth-order valence-corrected chi connectivity index (χ4v) is 2.68. The predicted molar refractivity (Wildman–Crippen MR) is 71.1 cm³/mol. The highest BCUT2D eigenvalue weighted by Gasteiger charge is 2.30. The van der Waals surface area contributed by atoms with E-state index >= 15 is 0 Å². The number of nitrogens with two attached hydrogens (primary N) is 1. The van der Waals surface area contributed by atoms with Gasteiger partial charge in [-0.1, -0.05) is 13.3 Å². The Balaban J connectivity index is 2.06. The molecule has 3 nitrogen and oxygen atoms in total. The first-order chi connectivity index (χ1) is 8.20. The Kier molecular flexibility index (Phi) is 7.09. The molecule has 0 bridgehead atoms. The third-order valence-corrected chi connectivity index (χ3v) is 4.07. The minimum atomic E-state index is 0.0935. The van der Waals surface area contributed by atoms with Crippen LogP contribution < -0.4 is 5.73 Å². The summed E-state index contributed by atoms with van der Waals surface area (Å²) in [4.78, 5) is 0. The van der Waals surface area contributed by atoms with Crippen LogP contribution in [0.3, 0.4) is 0 Å². The Hall–Kier alpha value is -0.120. The molecule has 1 fully saturated rings. The third kappa shape index (κ3) is 5.84. The summed E-state index contributed by atoms with van der Waals surface area (Å²) in [6.07, 6.45) is 8.53. The molecule has 0 aromatic rings. The quantitative estimate of drug-likeness (QED) is 0.667. The third-order valence-electron chi connectivity index (χ3n) is 4.07. The number of ether oxygens (including phenoxy) is 2. The highest BCUT2D eigenvalue weighted by molar-refractivity contribution is 4.89. The van der Waals surface area contributed by atoms with E-state index in [4.69, 9.17) is 15.2 Å². The molecule has 1 rings (SSSR count). The zero-order valence-corrected chi connectivity index (χ0v) is 11.5. The van der Waals surface area contributed by atoms with Crippen molar-refractivity contribution >= 4 is 0 Å². The smallest absolute Gasteiger partial charge is 0.0700 e. The lowest BCUT2D eigenvalue weighted by molar-refractivity contribution is 0.0646. The molecule has 0 amide bonds. The number of methoxy groups -OCH3 is 1.